The van der Waals surface area contributed by atoms with Gasteiger partial charge in [-0.2, -0.15) is 0 Å². The highest BCUT2D eigenvalue weighted by Gasteiger charge is 2.16. The van der Waals surface area contributed by atoms with Gasteiger partial charge in [0.25, 0.3) is 0 Å². The zero-order valence-corrected chi connectivity index (χ0v) is 10.2. The van der Waals surface area contributed by atoms with Crippen LogP contribution in [0.25, 0.3) is 0 Å². The molecule has 1 atom stereocenters. The first-order valence-corrected chi connectivity index (χ1v) is 5.64. The molecule has 0 heterocycles. The zero-order chi connectivity index (χ0) is 10.3. The highest BCUT2D eigenvalue weighted by atomic mass is 35.5. The van der Waals surface area contributed by atoms with Crippen LogP contribution in [0.2, 0.25) is 0 Å². The minimum Gasteiger partial charge on any atom is -0.379 e. The van der Waals surface area contributed by atoms with E-state index >= 15 is 0 Å². The molecule has 13 heavy (non-hydrogen) atoms. The number of hydrogen-bond donors (Lipinski definition) is 0. The normalized spacial score (nSPS) is 14.5. The van der Waals surface area contributed by atoms with E-state index in [2.05, 4.69) is 20.8 Å². The highest BCUT2D eigenvalue weighted by Crippen LogP contribution is 2.20. The summed E-state index contributed by atoms with van der Waals surface area (Å²) in [5.74, 6) is 0. The van der Waals surface area contributed by atoms with Gasteiger partial charge >= 0.3 is 0 Å². The Labute approximate surface area is 87.8 Å². The summed E-state index contributed by atoms with van der Waals surface area (Å²) in [5, 5.41) is 0.359. The van der Waals surface area contributed by atoms with E-state index in [-0.39, 0.29) is 5.60 Å². The van der Waals surface area contributed by atoms with Crippen molar-refractivity contribution >= 4 is 11.6 Å². The third-order valence-electron chi connectivity index (χ3n) is 2.45. The van der Waals surface area contributed by atoms with E-state index in [1.807, 2.05) is 0 Å². The van der Waals surface area contributed by atoms with E-state index in [0.29, 0.717) is 5.38 Å². The van der Waals surface area contributed by atoms with E-state index in [1.54, 1.807) is 7.11 Å². The van der Waals surface area contributed by atoms with Crippen molar-refractivity contribution in [1.82, 2.24) is 0 Å². The van der Waals surface area contributed by atoms with Gasteiger partial charge in [-0.25, -0.2) is 0 Å². The number of hydrogen-bond acceptors (Lipinski definition) is 1. The van der Waals surface area contributed by atoms with Gasteiger partial charge in [-0.05, 0) is 39.5 Å². The second kappa shape index (κ2) is 6.67. The maximum Gasteiger partial charge on any atom is 0.0622 e. The summed E-state index contributed by atoms with van der Waals surface area (Å²) in [6.07, 6.45) is 5.68. The number of ether oxygens (including phenoxy) is 1. The molecule has 0 aromatic heterocycles. The topological polar surface area (TPSA) is 9.23 Å². The molecular formula is C11H23ClO. The summed E-state index contributed by atoms with van der Waals surface area (Å²) in [4.78, 5) is 0. The van der Waals surface area contributed by atoms with Crippen molar-refractivity contribution in [3.05, 3.63) is 0 Å². The molecule has 80 valence electrons. The van der Waals surface area contributed by atoms with E-state index in [1.165, 1.54) is 6.42 Å². The molecule has 0 saturated carbocycles. The van der Waals surface area contributed by atoms with Crippen molar-refractivity contribution in [2.24, 2.45) is 0 Å². The number of halogens is 1. The molecule has 0 saturated heterocycles. The predicted molar refractivity (Wildman–Crippen MR) is 59.5 cm³/mol. The van der Waals surface area contributed by atoms with Crippen LogP contribution in [0.1, 0.15) is 52.9 Å². The van der Waals surface area contributed by atoms with Gasteiger partial charge in [0, 0.05) is 12.5 Å². The summed E-state index contributed by atoms with van der Waals surface area (Å²) in [6.45, 7) is 6.42. The first-order chi connectivity index (χ1) is 6.02. The van der Waals surface area contributed by atoms with Crippen LogP contribution in [-0.2, 0) is 4.74 Å². The van der Waals surface area contributed by atoms with Gasteiger partial charge in [0.1, 0.15) is 0 Å². The second-order valence-electron chi connectivity index (χ2n) is 4.24. The quantitative estimate of drug-likeness (QED) is 0.573. The highest BCUT2D eigenvalue weighted by molar-refractivity contribution is 6.20. The van der Waals surface area contributed by atoms with Gasteiger partial charge in [-0.1, -0.05) is 13.3 Å². The molecule has 0 aliphatic carbocycles. The van der Waals surface area contributed by atoms with Gasteiger partial charge in [0.05, 0.1) is 5.60 Å². The SMILES string of the molecule is CCCC(Cl)CCCC(C)(C)OC. The Kier molecular flexibility index (Phi) is 6.79. The lowest BCUT2D eigenvalue weighted by molar-refractivity contribution is 0.0134. The van der Waals surface area contributed by atoms with Gasteiger partial charge in [-0.3, -0.25) is 0 Å². The Morgan fingerprint density at radius 2 is 1.92 bits per heavy atom. The zero-order valence-electron chi connectivity index (χ0n) is 9.40. The summed E-state index contributed by atoms with van der Waals surface area (Å²) >= 11 is 6.11. The van der Waals surface area contributed by atoms with E-state index < -0.39 is 0 Å². The van der Waals surface area contributed by atoms with Crippen molar-refractivity contribution in [3.8, 4) is 0 Å². The predicted octanol–water partition coefficient (Wildman–Crippen LogP) is 3.99. The Hall–Kier alpha value is 0.250. The molecule has 0 N–H and O–H groups in total. The largest absolute Gasteiger partial charge is 0.379 e. The molecule has 0 bridgehead atoms. The monoisotopic (exact) mass is 206 g/mol. The Bertz CT molecular complexity index is 123. The summed E-state index contributed by atoms with van der Waals surface area (Å²) < 4.78 is 5.34. The standard InChI is InChI=1S/C11H23ClO/c1-5-7-10(12)8-6-9-11(2,3)13-4/h10H,5-9H2,1-4H3. The summed E-state index contributed by atoms with van der Waals surface area (Å²) in [7, 11) is 1.77. The van der Waals surface area contributed by atoms with Gasteiger partial charge in [0.2, 0.25) is 0 Å². The van der Waals surface area contributed by atoms with Crippen molar-refractivity contribution < 1.29 is 4.74 Å². The van der Waals surface area contributed by atoms with Crippen LogP contribution in [0.4, 0.5) is 0 Å². The van der Waals surface area contributed by atoms with Gasteiger partial charge < -0.3 is 4.74 Å². The lowest BCUT2D eigenvalue weighted by Gasteiger charge is -2.23. The average molecular weight is 207 g/mol. The Morgan fingerprint density at radius 1 is 1.31 bits per heavy atom. The van der Waals surface area contributed by atoms with Crippen molar-refractivity contribution in [2.75, 3.05) is 7.11 Å². The van der Waals surface area contributed by atoms with Gasteiger partial charge in [0.15, 0.2) is 0 Å². The number of alkyl halides is 1. The lowest BCUT2D eigenvalue weighted by atomic mass is 9.99. The molecule has 0 radical (unpaired) electrons. The molecule has 0 rings (SSSR count). The molecule has 2 heteroatoms. The maximum atomic E-state index is 6.11. The molecule has 0 aliphatic rings. The summed E-state index contributed by atoms with van der Waals surface area (Å²) in [5.41, 5.74) is 0.0167. The molecule has 1 nitrogen and oxygen atoms in total. The van der Waals surface area contributed by atoms with E-state index in [0.717, 1.165) is 25.7 Å². The molecule has 0 aromatic rings. The summed E-state index contributed by atoms with van der Waals surface area (Å²) in [6, 6.07) is 0. The van der Waals surface area contributed by atoms with Crippen molar-refractivity contribution in [3.63, 3.8) is 0 Å². The fourth-order valence-electron chi connectivity index (χ4n) is 1.31. The lowest BCUT2D eigenvalue weighted by Crippen LogP contribution is -2.22. The number of methoxy groups -OCH3 is 1. The average Bonchev–Trinajstić information content (AvgIpc) is 2.05. The van der Waals surface area contributed by atoms with Crippen LogP contribution in [0, 0.1) is 0 Å². The minimum absolute atomic E-state index is 0.0167. The smallest absolute Gasteiger partial charge is 0.0622 e. The maximum absolute atomic E-state index is 6.11. The fourth-order valence-corrected chi connectivity index (χ4v) is 1.68. The number of rotatable bonds is 7. The van der Waals surface area contributed by atoms with Crippen LogP contribution in [-0.4, -0.2) is 18.1 Å². The molecule has 0 aromatic carbocycles. The molecular weight excluding hydrogens is 184 g/mol. The molecule has 0 spiro atoms. The Morgan fingerprint density at radius 3 is 2.38 bits per heavy atom. The third kappa shape index (κ3) is 7.33. The Balaban J connectivity index is 3.44. The van der Waals surface area contributed by atoms with Crippen LogP contribution >= 0.6 is 11.6 Å². The molecule has 0 aliphatic heterocycles. The van der Waals surface area contributed by atoms with Crippen LogP contribution in [0.5, 0.6) is 0 Å². The van der Waals surface area contributed by atoms with Crippen LogP contribution < -0.4 is 0 Å². The van der Waals surface area contributed by atoms with E-state index in [4.69, 9.17) is 16.3 Å². The minimum atomic E-state index is 0.0167. The molecule has 0 fully saturated rings. The first kappa shape index (κ1) is 13.2. The molecule has 1 unspecified atom stereocenters. The fraction of sp³-hybridized carbons (Fsp3) is 1.00. The van der Waals surface area contributed by atoms with E-state index in [9.17, 15) is 0 Å². The van der Waals surface area contributed by atoms with Crippen molar-refractivity contribution in [1.29, 1.82) is 0 Å². The molecule has 0 amide bonds. The van der Waals surface area contributed by atoms with Crippen LogP contribution in [0.15, 0.2) is 0 Å². The second-order valence-corrected chi connectivity index (χ2v) is 4.86. The third-order valence-corrected chi connectivity index (χ3v) is 2.89. The van der Waals surface area contributed by atoms with Crippen molar-refractivity contribution in [2.45, 2.75) is 63.9 Å². The van der Waals surface area contributed by atoms with Gasteiger partial charge in [-0.15, -0.1) is 11.6 Å². The first-order valence-electron chi connectivity index (χ1n) is 5.21. The van der Waals surface area contributed by atoms with Crippen LogP contribution in [0.3, 0.4) is 0 Å².